The van der Waals surface area contributed by atoms with Crippen molar-refractivity contribution in [3.63, 3.8) is 0 Å². The third-order valence-corrected chi connectivity index (χ3v) is 18.8. The molecule has 4 nitrogen and oxygen atoms in total. The number of hydrogen-bond donors (Lipinski definition) is 1. The third-order valence-electron chi connectivity index (χ3n) is 10.8. The molecule has 1 aliphatic heterocycles. The minimum Gasteiger partial charge on any atom is -0.462 e. The summed E-state index contributed by atoms with van der Waals surface area (Å²) in [6.45, 7) is 25.2. The molecule has 1 saturated carbocycles. The van der Waals surface area contributed by atoms with Crippen LogP contribution in [0.15, 0.2) is 12.2 Å². The van der Waals surface area contributed by atoms with Crippen molar-refractivity contribution in [2.24, 2.45) is 17.3 Å². The molecule has 0 spiro atoms. The molecule has 0 aromatic rings. The molecule has 6 heteroatoms. The quantitative estimate of drug-likeness (QED) is 0.108. The van der Waals surface area contributed by atoms with Crippen molar-refractivity contribution >= 4 is 22.6 Å². The van der Waals surface area contributed by atoms with Crippen molar-refractivity contribution in [3.8, 4) is 0 Å². The van der Waals surface area contributed by atoms with Crippen molar-refractivity contribution in [1.82, 2.24) is 0 Å². The van der Waals surface area contributed by atoms with Gasteiger partial charge < -0.3 is 14.0 Å². The fourth-order valence-corrected chi connectivity index (χ4v) is 8.79. The van der Waals surface area contributed by atoms with Gasteiger partial charge in [0.1, 0.15) is 6.10 Å². The summed E-state index contributed by atoms with van der Waals surface area (Å²) in [4.78, 5) is 23.9. The van der Waals surface area contributed by atoms with Gasteiger partial charge in [0, 0.05) is 18.8 Å². The van der Waals surface area contributed by atoms with Crippen LogP contribution in [0, 0.1) is 17.3 Å². The minimum absolute atomic E-state index is 0.0340. The average Bonchev–Trinajstić information content (AvgIpc) is 3.08. The number of rotatable bonds is 12. The Labute approximate surface area is 244 Å². The monoisotopic (exact) mass is 580 g/mol. The highest BCUT2D eigenvalue weighted by Crippen LogP contribution is 2.52. The molecule has 1 N–H and O–H groups in total. The van der Waals surface area contributed by atoms with Crippen molar-refractivity contribution in [2.45, 2.75) is 174 Å². The molecule has 228 valence electrons. The number of allylic oxidation sites excluding steroid dienone is 2. The Hall–Kier alpha value is -0.436. The highest BCUT2D eigenvalue weighted by molar-refractivity contribution is 6.74. The lowest BCUT2D eigenvalue weighted by molar-refractivity contribution is -0.151. The molecule has 0 amide bonds. The van der Waals surface area contributed by atoms with Gasteiger partial charge in [0.05, 0.1) is 6.10 Å². The van der Waals surface area contributed by atoms with Gasteiger partial charge in [-0.05, 0) is 92.5 Å². The number of unbranched alkanes of at least 4 members (excludes halogenated alkanes) is 2. The highest BCUT2D eigenvalue weighted by Gasteiger charge is 2.50. The lowest BCUT2D eigenvalue weighted by atomic mass is 9.71. The standard InChI is InChI=1S/C33H64O4Si2/c1-12-13-18-22-33(7,25-32(5,6)38(8,9)35)23-21-27-26-19-16-14-15-17-20-30(34)36-28(26)24-29(27)37-39(10,11)31(2,3)4/h14,16,26-29,35H,12-13,15,17-25H2,1-11H3/b16-14-/t26-,27-,28+,29-,33?/m1/s1. The second-order valence-corrected chi connectivity index (χ2v) is 25.3. The van der Waals surface area contributed by atoms with Crippen LogP contribution in [0.25, 0.3) is 0 Å². The summed E-state index contributed by atoms with van der Waals surface area (Å²) in [7, 11) is -4.30. The van der Waals surface area contributed by atoms with Gasteiger partial charge >= 0.3 is 5.97 Å². The van der Waals surface area contributed by atoms with E-state index in [4.69, 9.17) is 9.16 Å². The first-order valence-corrected chi connectivity index (χ1v) is 21.9. The second-order valence-electron chi connectivity index (χ2n) is 16.0. The fraction of sp³-hybridized carbons (Fsp3) is 0.909. The summed E-state index contributed by atoms with van der Waals surface area (Å²) >= 11 is 0. The predicted octanol–water partition coefficient (Wildman–Crippen LogP) is 9.79. The number of hydrogen-bond acceptors (Lipinski definition) is 4. The van der Waals surface area contributed by atoms with Crippen LogP contribution >= 0.6 is 0 Å². The maximum absolute atomic E-state index is 12.7. The molecule has 0 bridgehead atoms. The zero-order chi connectivity index (χ0) is 29.7. The van der Waals surface area contributed by atoms with Gasteiger partial charge in [-0.15, -0.1) is 0 Å². The van der Waals surface area contributed by atoms with Crippen molar-refractivity contribution in [3.05, 3.63) is 12.2 Å². The number of esters is 1. The number of carbonyl (C=O) groups excluding carboxylic acids is 1. The maximum atomic E-state index is 12.7. The van der Waals surface area contributed by atoms with E-state index in [1.165, 1.54) is 25.7 Å². The topological polar surface area (TPSA) is 55.8 Å². The Morgan fingerprint density at radius 3 is 2.28 bits per heavy atom. The molecule has 1 fully saturated rings. The molecule has 0 radical (unpaired) electrons. The van der Waals surface area contributed by atoms with E-state index in [1.807, 2.05) is 0 Å². The molecule has 1 heterocycles. The van der Waals surface area contributed by atoms with Crippen LogP contribution in [0.1, 0.15) is 126 Å². The van der Waals surface area contributed by atoms with Crippen molar-refractivity contribution in [1.29, 1.82) is 0 Å². The number of fused-ring (bicyclic) bond motifs is 1. The van der Waals surface area contributed by atoms with Gasteiger partial charge in [-0.1, -0.05) is 79.9 Å². The van der Waals surface area contributed by atoms with E-state index >= 15 is 0 Å². The summed E-state index contributed by atoms with van der Waals surface area (Å²) in [6.07, 6.45) is 17.1. The van der Waals surface area contributed by atoms with Crippen LogP contribution in [0.3, 0.4) is 0 Å². The predicted molar refractivity (Wildman–Crippen MR) is 171 cm³/mol. The summed E-state index contributed by atoms with van der Waals surface area (Å²) in [5.74, 6) is 0.664. The first kappa shape index (κ1) is 34.8. The van der Waals surface area contributed by atoms with E-state index in [1.54, 1.807) is 0 Å². The van der Waals surface area contributed by atoms with E-state index in [9.17, 15) is 9.59 Å². The fourth-order valence-electron chi connectivity index (χ4n) is 6.55. The summed E-state index contributed by atoms with van der Waals surface area (Å²) in [5.41, 5.74) is 0.174. The van der Waals surface area contributed by atoms with Gasteiger partial charge in [0.25, 0.3) is 0 Å². The second kappa shape index (κ2) is 13.7. The number of carbonyl (C=O) groups is 1. The SMILES string of the molecule is CCCCCC(C)(CC[C@@H]1[C@H]2C/C=C\CCCC(=O)O[C@H]2C[C@H]1O[Si](C)(C)C(C)(C)C)CC(C)(C)[Si](C)(C)O. The lowest BCUT2D eigenvalue weighted by Gasteiger charge is -2.44. The Kier molecular flexibility index (Phi) is 12.2. The van der Waals surface area contributed by atoms with E-state index in [2.05, 4.69) is 86.8 Å². The van der Waals surface area contributed by atoms with E-state index in [-0.39, 0.29) is 33.7 Å². The average molecular weight is 581 g/mol. The van der Waals surface area contributed by atoms with Crippen LogP contribution in [0.2, 0.25) is 36.3 Å². The summed E-state index contributed by atoms with van der Waals surface area (Å²) in [6, 6.07) is 0. The molecular formula is C33H64O4Si2. The molecule has 2 rings (SSSR count). The molecular weight excluding hydrogens is 517 g/mol. The Morgan fingerprint density at radius 1 is 1.03 bits per heavy atom. The smallest absolute Gasteiger partial charge is 0.306 e. The first-order valence-electron chi connectivity index (χ1n) is 16.1. The van der Waals surface area contributed by atoms with Gasteiger partial charge in [-0.3, -0.25) is 4.79 Å². The van der Waals surface area contributed by atoms with Crippen molar-refractivity contribution < 1.29 is 18.8 Å². The van der Waals surface area contributed by atoms with E-state index < -0.39 is 16.6 Å². The molecule has 1 unspecified atom stereocenters. The third kappa shape index (κ3) is 9.82. The molecule has 2 aliphatic rings. The Morgan fingerprint density at radius 2 is 1.69 bits per heavy atom. The summed E-state index contributed by atoms with van der Waals surface area (Å²) < 4.78 is 13.3. The van der Waals surface area contributed by atoms with Crippen molar-refractivity contribution in [2.75, 3.05) is 0 Å². The normalized spacial score (nSPS) is 27.9. The first-order chi connectivity index (χ1) is 17.8. The molecule has 0 aromatic carbocycles. The molecule has 1 aliphatic carbocycles. The van der Waals surface area contributed by atoms with Crippen LogP contribution in [-0.2, 0) is 14.0 Å². The van der Waals surface area contributed by atoms with Crippen LogP contribution in [-0.4, -0.2) is 39.6 Å². The molecule has 5 atom stereocenters. The number of ether oxygens (including phenoxy) is 1. The van der Waals surface area contributed by atoms with Crippen LogP contribution in [0.4, 0.5) is 0 Å². The van der Waals surface area contributed by atoms with Crippen LogP contribution < -0.4 is 0 Å². The van der Waals surface area contributed by atoms with Crippen LogP contribution in [0.5, 0.6) is 0 Å². The van der Waals surface area contributed by atoms with Gasteiger partial charge in [0.2, 0.25) is 0 Å². The van der Waals surface area contributed by atoms with Gasteiger partial charge in [-0.25, -0.2) is 0 Å². The maximum Gasteiger partial charge on any atom is 0.306 e. The molecule has 39 heavy (non-hydrogen) atoms. The molecule has 0 aromatic heterocycles. The Bertz CT molecular complexity index is 808. The zero-order valence-corrected chi connectivity index (χ0v) is 29.6. The van der Waals surface area contributed by atoms with Gasteiger partial charge in [-0.2, -0.15) is 0 Å². The minimum atomic E-state index is -2.31. The van der Waals surface area contributed by atoms with Gasteiger partial charge in [0.15, 0.2) is 16.6 Å². The lowest BCUT2D eigenvalue weighted by Crippen LogP contribution is -2.45. The summed E-state index contributed by atoms with van der Waals surface area (Å²) in [5, 5.41) is 0.0958. The van der Waals surface area contributed by atoms with E-state index in [0.717, 1.165) is 44.9 Å². The van der Waals surface area contributed by atoms with E-state index in [0.29, 0.717) is 18.3 Å². The highest BCUT2D eigenvalue weighted by atomic mass is 28.4. The Balaban J connectivity index is 2.38. The molecule has 0 saturated heterocycles. The zero-order valence-electron chi connectivity index (χ0n) is 27.6. The largest absolute Gasteiger partial charge is 0.462 e.